The minimum Gasteiger partial charge on any atom is 1.00 e. The van der Waals surface area contributed by atoms with Gasteiger partial charge in [0.1, 0.15) is 0 Å². The fourth-order valence-corrected chi connectivity index (χ4v) is 28.4. The molecule has 0 aliphatic heterocycles. The van der Waals surface area contributed by atoms with Gasteiger partial charge in [-0.2, -0.15) is 0 Å². The zero-order valence-electron chi connectivity index (χ0n) is 40.3. The van der Waals surface area contributed by atoms with E-state index in [1.807, 2.05) is 0 Å². The summed E-state index contributed by atoms with van der Waals surface area (Å²) in [7, 11) is -4.63. The summed E-state index contributed by atoms with van der Waals surface area (Å²) in [6.45, 7) is 11.9. The second-order valence-electron chi connectivity index (χ2n) is 18.6. The Balaban J connectivity index is 0. The fourth-order valence-electron chi connectivity index (χ4n) is 9.65. The minimum atomic E-state index is -4.63. The number of hydrogen-bond donors (Lipinski definition) is 0. The zero-order valence-corrected chi connectivity index (χ0v) is 46.1. The van der Waals surface area contributed by atoms with Gasteiger partial charge in [0.2, 0.25) is 0 Å². The Morgan fingerprint density at radius 1 is 0.304 bits per heavy atom. The topological polar surface area (TPSA) is 58.6 Å². The fraction of sp³-hybridized carbons (Fsp3) is 1.00. The van der Waals surface area contributed by atoms with E-state index in [1.54, 1.807) is 0 Å². The van der Waals surface area contributed by atoms with Crippen LogP contribution in [0.5, 0.6) is 0 Å². The van der Waals surface area contributed by atoms with Crippen molar-refractivity contribution in [3.63, 3.8) is 0 Å². The monoisotopic (exact) mass is 877 g/mol. The molecule has 0 aliphatic rings. The zero-order chi connectivity index (χ0) is 41.1. The van der Waals surface area contributed by atoms with Crippen LogP contribution in [0.3, 0.4) is 0 Å². The average molecular weight is 877 g/mol. The van der Waals surface area contributed by atoms with Crippen molar-refractivity contribution in [3.8, 4) is 0 Å². The predicted octanol–water partition coefficient (Wildman–Crippen LogP) is 15.1. The molecule has 0 saturated carbocycles. The first-order valence-electron chi connectivity index (χ1n) is 25.3. The Kier molecular flexibility index (Phi) is 40.1. The van der Waals surface area contributed by atoms with Crippen LogP contribution < -0.4 is 56.3 Å². The van der Waals surface area contributed by atoms with E-state index < -0.39 is 21.5 Å². The van der Waals surface area contributed by atoms with Crippen molar-refractivity contribution in [2.45, 2.75) is 261 Å². The van der Waals surface area contributed by atoms with Crippen LogP contribution in [0.15, 0.2) is 0 Å². The normalized spacial score (nSPS) is 14.8. The van der Waals surface area contributed by atoms with E-state index in [-0.39, 0.29) is 51.4 Å². The number of hydrogen-bond acceptors (Lipinski definition) is 4. The first-order chi connectivity index (χ1) is 26.5. The molecule has 0 saturated heterocycles. The van der Waals surface area contributed by atoms with Gasteiger partial charge >= 0.3 is 401 Å². The molecule has 0 aromatic rings. The van der Waals surface area contributed by atoms with Crippen LogP contribution >= 0.6 is 21.5 Å². The van der Waals surface area contributed by atoms with E-state index in [1.165, 1.54) is 128 Å². The molecule has 0 bridgehead atoms. The van der Waals surface area contributed by atoms with Crippen LogP contribution in [0.4, 0.5) is 0 Å². The number of unbranched alkanes of at least 4 members (excludes halogenated alkanes) is 24. The smallest absolute Gasteiger partial charge is 1.00 e. The molecular weight excluding hydrogens is 773 g/mol. The van der Waals surface area contributed by atoms with Crippen molar-refractivity contribution in [2.24, 2.45) is 0 Å². The Hall–Kier alpha value is 2.61. The first kappa shape index (κ1) is 60.7. The summed E-state index contributed by atoms with van der Waals surface area (Å²) in [6.07, 6.45) is 46.1. The maximum absolute atomic E-state index is 15.5. The third-order valence-corrected chi connectivity index (χ3v) is 30.2. The maximum Gasteiger partial charge on any atom is 1.00 e. The van der Waals surface area contributed by atoms with Crippen molar-refractivity contribution < 1.29 is 69.5 Å². The molecule has 0 amide bonds. The van der Waals surface area contributed by atoms with Crippen LogP contribution in [-0.2, 0) is 13.2 Å². The minimum absolute atomic E-state index is 0. The maximum atomic E-state index is 15.5. The van der Waals surface area contributed by atoms with E-state index in [0.29, 0.717) is 0 Å². The van der Waals surface area contributed by atoms with Crippen molar-refractivity contribution in [2.75, 3.05) is 49.3 Å². The molecule has 8 heteroatoms. The summed E-state index contributed by atoms with van der Waals surface area (Å²) in [5.41, 5.74) is 0. The van der Waals surface area contributed by atoms with Gasteiger partial charge in [-0.05, 0) is 0 Å². The Morgan fingerprint density at radius 3 is 0.661 bits per heavy atom. The summed E-state index contributed by atoms with van der Waals surface area (Å²) in [5.74, 6) is 0. The third-order valence-electron chi connectivity index (χ3n) is 13.3. The number of phosphoric acid groups is 1. The SMILES string of the molecule is CCCCCCCCP(CCCCCCCC)(CCCCCCCC)(CCCCCCCC)OP(=O)([O-])OP(CCCC)(CCCC)(CCCC)CCCC.[K+]. The van der Waals surface area contributed by atoms with E-state index in [4.69, 9.17) is 8.62 Å². The molecule has 0 radical (unpaired) electrons. The molecule has 0 aromatic heterocycles. The second kappa shape index (κ2) is 37.0. The Labute approximate surface area is 397 Å². The third kappa shape index (κ3) is 26.9. The van der Waals surface area contributed by atoms with Gasteiger partial charge in [-0.3, -0.25) is 0 Å². The van der Waals surface area contributed by atoms with Gasteiger partial charge < -0.3 is 0 Å². The van der Waals surface area contributed by atoms with Crippen molar-refractivity contribution in [3.05, 3.63) is 0 Å². The van der Waals surface area contributed by atoms with E-state index >= 15 is 9.46 Å². The van der Waals surface area contributed by atoms with Crippen LogP contribution in [0, 0.1) is 0 Å². The van der Waals surface area contributed by atoms with Crippen LogP contribution in [0.25, 0.3) is 0 Å². The Morgan fingerprint density at radius 2 is 0.464 bits per heavy atom. The van der Waals surface area contributed by atoms with Gasteiger partial charge in [0, 0.05) is 0 Å². The molecule has 0 aliphatic carbocycles. The van der Waals surface area contributed by atoms with Crippen molar-refractivity contribution in [1.29, 1.82) is 0 Å². The molecule has 56 heavy (non-hydrogen) atoms. The summed E-state index contributed by atoms with van der Waals surface area (Å²) in [4.78, 5) is 15.5. The summed E-state index contributed by atoms with van der Waals surface area (Å²) in [5, 5.41) is 0. The summed E-state index contributed by atoms with van der Waals surface area (Å²) >= 11 is 0. The first-order valence-corrected chi connectivity index (χ1v) is 32.5. The number of rotatable bonds is 44. The quantitative estimate of drug-likeness (QED) is 0.0348. The van der Waals surface area contributed by atoms with Gasteiger partial charge in [-0.1, -0.05) is 0 Å². The largest absolute Gasteiger partial charge is 1.00 e. The van der Waals surface area contributed by atoms with Crippen LogP contribution in [0.2, 0.25) is 0 Å². The van der Waals surface area contributed by atoms with Gasteiger partial charge in [0.15, 0.2) is 0 Å². The average Bonchev–Trinajstić information content (AvgIpc) is 3.17. The van der Waals surface area contributed by atoms with Gasteiger partial charge in [0.05, 0.1) is 0 Å². The van der Waals surface area contributed by atoms with Gasteiger partial charge in [-0.25, -0.2) is 0 Å². The van der Waals surface area contributed by atoms with Crippen molar-refractivity contribution >= 4 is 21.5 Å². The van der Waals surface area contributed by atoms with Gasteiger partial charge in [0.25, 0.3) is 0 Å². The molecule has 0 heterocycles. The summed E-state index contributed by atoms with van der Waals surface area (Å²) < 4.78 is 30.2. The molecule has 4 nitrogen and oxygen atoms in total. The molecule has 336 valence electrons. The Bertz CT molecular complexity index is 800. The molecular formula is C48H104KO4P3. The van der Waals surface area contributed by atoms with Crippen LogP contribution in [-0.4, -0.2) is 49.3 Å². The van der Waals surface area contributed by atoms with Crippen LogP contribution in [0.1, 0.15) is 261 Å². The molecule has 0 fully saturated rings. The van der Waals surface area contributed by atoms with E-state index in [0.717, 1.165) is 126 Å². The summed E-state index contributed by atoms with van der Waals surface area (Å²) in [6, 6.07) is 0. The molecule has 0 N–H and O–H groups in total. The van der Waals surface area contributed by atoms with E-state index in [2.05, 4.69) is 55.4 Å². The van der Waals surface area contributed by atoms with Crippen molar-refractivity contribution in [1.82, 2.24) is 0 Å². The standard InChI is InChI=1S/C48H105O4P3.K/c1-9-17-25-29-33-37-45-55(46-38-34-30-26-18-10-2,47-39-35-31-27-19-11-3,48-40-36-32-28-20-12-4)52-53(49,50)51-54(41-21-13-5,42-22-14-6,43-23-15-7)44-24-16-8;/h9-48H2,1-8H3,(H,49,50);/q;+1/p-1. The molecule has 1 unspecified atom stereocenters. The van der Waals surface area contributed by atoms with Gasteiger partial charge in [-0.15, -0.1) is 0 Å². The molecule has 0 aromatic carbocycles. The molecule has 0 rings (SSSR count). The molecule has 0 spiro atoms. The van der Waals surface area contributed by atoms with E-state index in [9.17, 15) is 0 Å². The second-order valence-corrected chi connectivity index (χ2v) is 31.8. The molecule has 1 atom stereocenters. The predicted molar refractivity (Wildman–Crippen MR) is 256 cm³/mol.